The Morgan fingerprint density at radius 2 is 1.85 bits per heavy atom. The minimum Gasteiger partial charge on any atom is -0.394 e. The highest BCUT2D eigenvalue weighted by Crippen LogP contribution is 2.02. The molecule has 3 atom stereocenters. The Labute approximate surface area is 75.4 Å². The van der Waals surface area contributed by atoms with Gasteiger partial charge in [0.1, 0.15) is 18.3 Å². The second-order valence-electron chi connectivity index (χ2n) is 2.51. The number of hydrogen-bond donors (Lipinski definition) is 4. The van der Waals surface area contributed by atoms with Crippen LogP contribution in [0.25, 0.3) is 0 Å². The summed E-state index contributed by atoms with van der Waals surface area (Å²) in [4.78, 5) is 11.1. The second kappa shape index (κ2) is 6.01. The van der Waals surface area contributed by atoms with Gasteiger partial charge in [0.15, 0.2) is 5.78 Å². The zero-order valence-electron chi connectivity index (χ0n) is 7.25. The van der Waals surface area contributed by atoms with Gasteiger partial charge in [-0.2, -0.15) is 0 Å². The third-order valence-electron chi connectivity index (χ3n) is 1.57. The first-order valence-corrected chi connectivity index (χ1v) is 3.72. The molecule has 0 saturated carbocycles. The zero-order chi connectivity index (χ0) is 10.4. The maximum atomic E-state index is 11.1. The van der Waals surface area contributed by atoms with Gasteiger partial charge in [-0.1, -0.05) is 0 Å². The van der Waals surface area contributed by atoms with E-state index >= 15 is 0 Å². The quantitative estimate of drug-likeness (QED) is 0.366. The van der Waals surface area contributed by atoms with Gasteiger partial charge in [0, 0.05) is 7.11 Å². The highest BCUT2D eigenvalue weighted by molar-refractivity contribution is 5.87. The van der Waals surface area contributed by atoms with Crippen LogP contribution in [0.1, 0.15) is 0 Å². The van der Waals surface area contributed by atoms with Crippen LogP contribution in [0.4, 0.5) is 0 Å². The largest absolute Gasteiger partial charge is 0.394 e. The van der Waals surface area contributed by atoms with Gasteiger partial charge in [-0.3, -0.25) is 4.79 Å². The van der Waals surface area contributed by atoms with Crippen molar-refractivity contribution in [3.05, 3.63) is 0 Å². The lowest BCUT2D eigenvalue weighted by atomic mass is 10.1. The van der Waals surface area contributed by atoms with Crippen LogP contribution >= 0.6 is 0 Å². The van der Waals surface area contributed by atoms with Crippen LogP contribution in [-0.4, -0.2) is 64.8 Å². The molecule has 0 bridgehead atoms. The summed E-state index contributed by atoms with van der Waals surface area (Å²) in [6.45, 7) is -1.39. The number of Topliss-reactive ketones (excluding diaryl/α,β-unsaturated/α-hetero) is 1. The molecule has 0 unspecified atom stereocenters. The summed E-state index contributed by atoms with van der Waals surface area (Å²) < 4.78 is 4.56. The van der Waals surface area contributed by atoms with Gasteiger partial charge < -0.3 is 25.2 Å². The van der Waals surface area contributed by atoms with Crippen LogP contribution in [-0.2, 0) is 9.53 Å². The Morgan fingerprint density at radius 3 is 2.15 bits per heavy atom. The van der Waals surface area contributed by atoms with E-state index in [1.165, 1.54) is 0 Å². The number of carbonyl (C=O) groups is 1. The van der Waals surface area contributed by atoms with E-state index in [1.54, 1.807) is 0 Å². The lowest BCUT2D eigenvalue weighted by molar-refractivity contribution is -0.147. The average Bonchev–Trinajstić information content (AvgIpc) is 2.17. The van der Waals surface area contributed by atoms with Gasteiger partial charge in [-0.25, -0.2) is 0 Å². The lowest BCUT2D eigenvalue weighted by Gasteiger charge is -2.20. The molecular weight excluding hydrogens is 180 g/mol. The van der Waals surface area contributed by atoms with Crippen molar-refractivity contribution in [3.8, 4) is 0 Å². The van der Waals surface area contributed by atoms with Gasteiger partial charge >= 0.3 is 0 Å². The first-order chi connectivity index (χ1) is 6.08. The summed E-state index contributed by atoms with van der Waals surface area (Å²) in [7, 11) is 1.16. The Kier molecular flexibility index (Phi) is 5.76. The van der Waals surface area contributed by atoms with Gasteiger partial charge in [0.05, 0.1) is 13.2 Å². The topological polar surface area (TPSA) is 107 Å². The third-order valence-corrected chi connectivity index (χ3v) is 1.57. The monoisotopic (exact) mass is 194 g/mol. The van der Waals surface area contributed by atoms with Gasteiger partial charge in [-0.15, -0.1) is 0 Å². The molecule has 0 amide bonds. The number of methoxy groups -OCH3 is 1. The van der Waals surface area contributed by atoms with E-state index in [4.69, 9.17) is 20.4 Å². The highest BCUT2D eigenvalue weighted by atomic mass is 16.5. The Balaban J connectivity index is 4.31. The molecule has 13 heavy (non-hydrogen) atoms. The third kappa shape index (κ3) is 3.37. The zero-order valence-corrected chi connectivity index (χ0v) is 7.25. The van der Waals surface area contributed by atoms with Crippen LogP contribution in [0, 0.1) is 0 Å². The highest BCUT2D eigenvalue weighted by Gasteiger charge is 2.30. The summed E-state index contributed by atoms with van der Waals surface area (Å²) in [5.41, 5.74) is 0. The lowest BCUT2D eigenvalue weighted by Crippen LogP contribution is -2.44. The number of hydrogen-bond acceptors (Lipinski definition) is 6. The van der Waals surface area contributed by atoms with Crippen LogP contribution in [0.2, 0.25) is 0 Å². The van der Waals surface area contributed by atoms with E-state index in [-0.39, 0.29) is 0 Å². The van der Waals surface area contributed by atoms with E-state index in [1.807, 2.05) is 0 Å². The van der Waals surface area contributed by atoms with Crippen LogP contribution in [0.3, 0.4) is 0 Å². The first kappa shape index (κ1) is 12.5. The number of rotatable bonds is 6. The van der Waals surface area contributed by atoms with Crippen molar-refractivity contribution < 1.29 is 30.0 Å². The van der Waals surface area contributed by atoms with Crippen molar-refractivity contribution in [1.82, 2.24) is 0 Å². The molecule has 0 saturated heterocycles. The molecule has 0 aromatic heterocycles. The van der Waals surface area contributed by atoms with E-state index in [0.717, 1.165) is 7.11 Å². The summed E-state index contributed by atoms with van der Waals surface area (Å²) in [6.07, 6.45) is -4.29. The van der Waals surface area contributed by atoms with Gasteiger partial charge in [0.25, 0.3) is 0 Å². The van der Waals surface area contributed by atoms with E-state index in [2.05, 4.69) is 4.74 Å². The van der Waals surface area contributed by atoms with Crippen molar-refractivity contribution in [2.45, 2.75) is 18.3 Å². The molecule has 4 N–H and O–H groups in total. The minimum absolute atomic E-state index is 0.650. The summed E-state index contributed by atoms with van der Waals surface area (Å²) in [5, 5.41) is 34.9. The van der Waals surface area contributed by atoms with Crippen molar-refractivity contribution in [3.63, 3.8) is 0 Å². The van der Waals surface area contributed by atoms with Crippen LogP contribution in [0.15, 0.2) is 0 Å². The van der Waals surface area contributed by atoms with E-state index in [9.17, 15) is 4.79 Å². The summed E-state index contributed by atoms with van der Waals surface area (Å²) >= 11 is 0. The van der Waals surface area contributed by atoms with Gasteiger partial charge in [-0.05, 0) is 0 Å². The standard InChI is InChI=1S/C7H14O6/c1-13-7(5(11)3-9)6(12)4(10)2-8/h4-5,7-11H,2-3H2,1H3/t4-,5+,7-/m0/s1. The average molecular weight is 194 g/mol. The molecule has 0 aliphatic carbocycles. The Hall–Kier alpha value is -0.530. The fourth-order valence-electron chi connectivity index (χ4n) is 0.838. The molecular formula is C7H14O6. The van der Waals surface area contributed by atoms with Crippen molar-refractivity contribution in [1.29, 1.82) is 0 Å². The SMILES string of the molecule is CO[C@H](C(=O)[C@@H](O)CO)[C@H](O)CO. The summed E-state index contributed by atoms with van der Waals surface area (Å²) in [6, 6.07) is 0. The number of aliphatic hydroxyl groups excluding tert-OH is 4. The number of ketones is 1. The molecule has 0 rings (SSSR count). The molecule has 0 aromatic carbocycles. The fraction of sp³-hybridized carbons (Fsp3) is 0.857. The normalized spacial score (nSPS) is 17.9. The number of ether oxygens (including phenoxy) is 1. The predicted molar refractivity (Wildman–Crippen MR) is 42.0 cm³/mol. The fourth-order valence-corrected chi connectivity index (χ4v) is 0.838. The molecule has 0 fully saturated rings. The molecule has 0 spiro atoms. The van der Waals surface area contributed by atoms with Crippen LogP contribution in [0.5, 0.6) is 0 Å². The molecule has 0 radical (unpaired) electrons. The molecule has 78 valence electrons. The Bertz CT molecular complexity index is 159. The molecule has 6 nitrogen and oxygen atoms in total. The number of aliphatic hydroxyl groups is 4. The van der Waals surface area contributed by atoms with Gasteiger partial charge in [0.2, 0.25) is 0 Å². The Morgan fingerprint density at radius 1 is 1.31 bits per heavy atom. The molecule has 6 heteroatoms. The minimum atomic E-state index is -1.59. The predicted octanol–water partition coefficient (Wildman–Crippen LogP) is -2.72. The molecule has 0 aromatic rings. The summed E-state index contributed by atoms with van der Waals surface area (Å²) in [5.74, 6) is -0.855. The number of carbonyl (C=O) groups excluding carboxylic acids is 1. The smallest absolute Gasteiger partial charge is 0.194 e. The van der Waals surface area contributed by atoms with Crippen molar-refractivity contribution >= 4 is 5.78 Å². The molecule has 0 aliphatic rings. The molecule has 0 heterocycles. The maximum Gasteiger partial charge on any atom is 0.194 e. The van der Waals surface area contributed by atoms with Crippen molar-refractivity contribution in [2.24, 2.45) is 0 Å². The van der Waals surface area contributed by atoms with Crippen molar-refractivity contribution in [2.75, 3.05) is 20.3 Å². The molecule has 0 aliphatic heterocycles. The van der Waals surface area contributed by atoms with E-state index in [0.29, 0.717) is 0 Å². The first-order valence-electron chi connectivity index (χ1n) is 3.72. The van der Waals surface area contributed by atoms with E-state index < -0.39 is 37.3 Å². The second-order valence-corrected chi connectivity index (χ2v) is 2.51. The maximum absolute atomic E-state index is 11.1. The van der Waals surface area contributed by atoms with Crippen LogP contribution < -0.4 is 0 Å².